The van der Waals surface area contributed by atoms with Gasteiger partial charge in [-0.2, -0.15) is 0 Å². The van der Waals surface area contributed by atoms with Gasteiger partial charge >= 0.3 is 0 Å². The summed E-state index contributed by atoms with van der Waals surface area (Å²) in [5.74, 6) is 0.719. The molecule has 2 aromatic rings. The molecule has 1 atom stereocenters. The lowest BCUT2D eigenvalue weighted by Crippen LogP contribution is -2.44. The zero-order valence-electron chi connectivity index (χ0n) is 19.3. The Morgan fingerprint density at radius 2 is 2.00 bits per heavy atom. The highest BCUT2D eigenvalue weighted by molar-refractivity contribution is 5.96. The lowest BCUT2D eigenvalue weighted by Gasteiger charge is -2.39. The van der Waals surface area contributed by atoms with E-state index in [0.717, 1.165) is 36.5 Å². The number of hydrogen-bond acceptors (Lipinski definition) is 6. The second kappa shape index (κ2) is 10.3. The molecule has 2 saturated heterocycles. The first-order valence-corrected chi connectivity index (χ1v) is 12.0. The standard InChI is InChI=1S/C25H36N2O5/c1-3-18(4-2)16-27-9-7-25(29,8-10-27)20-5-6-22-19(13-20)14-23(32-22)24(28)26-15-21-17-30-11-12-31-21/h5-6,13-14,18,21,29H,3-4,7-12,15-17H2,1-2H3,(H,26,28)/t21-/m0/s1. The van der Waals surface area contributed by atoms with Gasteiger partial charge in [-0.15, -0.1) is 0 Å². The maximum absolute atomic E-state index is 12.5. The largest absolute Gasteiger partial charge is 0.451 e. The van der Waals surface area contributed by atoms with Gasteiger partial charge in [0.05, 0.1) is 31.5 Å². The molecular formula is C25H36N2O5. The van der Waals surface area contributed by atoms with Crippen molar-refractivity contribution in [3.05, 3.63) is 35.6 Å². The number of ether oxygens (including phenoxy) is 2. The molecule has 0 aliphatic carbocycles. The SMILES string of the molecule is CCC(CC)CN1CCC(O)(c2ccc3oc(C(=O)NC[C@H]4COCCO4)cc3c2)CC1. The quantitative estimate of drug-likeness (QED) is 0.650. The third-order valence-electron chi connectivity index (χ3n) is 7.01. The van der Waals surface area contributed by atoms with E-state index in [2.05, 4.69) is 24.1 Å². The molecule has 32 heavy (non-hydrogen) atoms. The van der Waals surface area contributed by atoms with Crippen LogP contribution >= 0.6 is 0 Å². The number of piperidine rings is 1. The molecule has 4 rings (SSSR count). The van der Waals surface area contributed by atoms with Crippen molar-refractivity contribution in [2.24, 2.45) is 5.92 Å². The molecule has 0 saturated carbocycles. The van der Waals surface area contributed by atoms with Gasteiger partial charge in [-0.3, -0.25) is 4.79 Å². The van der Waals surface area contributed by atoms with Crippen LogP contribution in [0.1, 0.15) is 55.6 Å². The van der Waals surface area contributed by atoms with E-state index >= 15 is 0 Å². The van der Waals surface area contributed by atoms with E-state index in [9.17, 15) is 9.90 Å². The van der Waals surface area contributed by atoms with Crippen LogP contribution in [0.25, 0.3) is 11.0 Å². The smallest absolute Gasteiger partial charge is 0.287 e. The first-order chi connectivity index (χ1) is 15.5. The zero-order chi connectivity index (χ0) is 22.6. The first-order valence-electron chi connectivity index (χ1n) is 12.0. The number of carbonyl (C=O) groups is 1. The Kier molecular flexibility index (Phi) is 7.51. The number of benzene rings is 1. The molecule has 2 fully saturated rings. The molecule has 2 N–H and O–H groups in total. The van der Waals surface area contributed by atoms with Crippen LogP contribution in [0, 0.1) is 5.92 Å². The van der Waals surface area contributed by atoms with Gasteiger partial charge in [-0.05, 0) is 42.5 Å². The molecule has 1 amide bonds. The summed E-state index contributed by atoms with van der Waals surface area (Å²) in [4.78, 5) is 15.0. The summed E-state index contributed by atoms with van der Waals surface area (Å²) in [6.07, 6.45) is 3.70. The van der Waals surface area contributed by atoms with Crippen molar-refractivity contribution in [3.63, 3.8) is 0 Å². The zero-order valence-corrected chi connectivity index (χ0v) is 19.3. The molecular weight excluding hydrogens is 408 g/mol. The van der Waals surface area contributed by atoms with Crippen LogP contribution in [0.2, 0.25) is 0 Å². The highest BCUT2D eigenvalue weighted by Gasteiger charge is 2.34. The Morgan fingerprint density at radius 3 is 2.69 bits per heavy atom. The average molecular weight is 445 g/mol. The molecule has 7 nitrogen and oxygen atoms in total. The van der Waals surface area contributed by atoms with Crippen molar-refractivity contribution < 1.29 is 23.8 Å². The Hall–Kier alpha value is -1.93. The van der Waals surface area contributed by atoms with Crippen LogP contribution in [-0.4, -0.2) is 68.0 Å². The van der Waals surface area contributed by atoms with Crippen molar-refractivity contribution in [2.45, 2.75) is 51.2 Å². The molecule has 0 bridgehead atoms. The van der Waals surface area contributed by atoms with E-state index in [1.165, 1.54) is 12.8 Å². The van der Waals surface area contributed by atoms with E-state index in [-0.39, 0.29) is 17.8 Å². The minimum absolute atomic E-state index is 0.131. The maximum atomic E-state index is 12.5. The normalized spacial score (nSPS) is 21.8. The Morgan fingerprint density at radius 1 is 1.22 bits per heavy atom. The second-order valence-electron chi connectivity index (χ2n) is 9.16. The number of hydrogen-bond donors (Lipinski definition) is 2. The summed E-state index contributed by atoms with van der Waals surface area (Å²) in [7, 11) is 0. The third kappa shape index (κ3) is 5.34. The fraction of sp³-hybridized carbons (Fsp3) is 0.640. The number of likely N-dealkylation sites (tertiary alicyclic amines) is 1. The predicted molar refractivity (Wildman–Crippen MR) is 123 cm³/mol. The summed E-state index contributed by atoms with van der Waals surface area (Å²) in [5, 5.41) is 15.0. The van der Waals surface area contributed by atoms with Crippen molar-refractivity contribution >= 4 is 16.9 Å². The van der Waals surface area contributed by atoms with Gasteiger partial charge in [-0.1, -0.05) is 32.8 Å². The number of amides is 1. The minimum Gasteiger partial charge on any atom is -0.451 e. The van der Waals surface area contributed by atoms with Crippen LogP contribution in [0.4, 0.5) is 0 Å². The Labute approximate surface area is 190 Å². The third-order valence-corrected chi connectivity index (χ3v) is 7.01. The monoisotopic (exact) mass is 444 g/mol. The summed E-state index contributed by atoms with van der Waals surface area (Å²) >= 11 is 0. The predicted octanol–water partition coefficient (Wildman–Crippen LogP) is 3.30. The van der Waals surface area contributed by atoms with Crippen LogP contribution in [0.5, 0.6) is 0 Å². The number of nitrogens with one attached hydrogen (secondary N) is 1. The second-order valence-corrected chi connectivity index (χ2v) is 9.16. The van der Waals surface area contributed by atoms with Crippen LogP contribution < -0.4 is 5.32 Å². The summed E-state index contributed by atoms with van der Waals surface area (Å²) in [5.41, 5.74) is 0.704. The van der Waals surface area contributed by atoms with Crippen molar-refractivity contribution in [3.8, 4) is 0 Å². The summed E-state index contributed by atoms with van der Waals surface area (Å²) in [6, 6.07) is 7.49. The van der Waals surface area contributed by atoms with Crippen molar-refractivity contribution in [1.82, 2.24) is 10.2 Å². The van der Waals surface area contributed by atoms with E-state index in [1.54, 1.807) is 6.07 Å². The van der Waals surface area contributed by atoms with Gasteiger partial charge in [0.2, 0.25) is 0 Å². The number of rotatable bonds is 8. The number of fused-ring (bicyclic) bond motifs is 1. The average Bonchev–Trinajstić information content (AvgIpc) is 3.26. The van der Waals surface area contributed by atoms with Gasteiger partial charge in [0.1, 0.15) is 5.58 Å². The molecule has 0 radical (unpaired) electrons. The highest BCUT2D eigenvalue weighted by atomic mass is 16.6. The Bertz CT molecular complexity index is 893. The molecule has 0 spiro atoms. The van der Waals surface area contributed by atoms with Gasteiger partial charge in [-0.25, -0.2) is 0 Å². The summed E-state index contributed by atoms with van der Waals surface area (Å²) in [6.45, 7) is 9.42. The lowest BCUT2D eigenvalue weighted by molar-refractivity contribution is -0.0856. The number of carbonyl (C=O) groups excluding carboxylic acids is 1. The van der Waals surface area contributed by atoms with E-state index in [1.807, 2.05) is 18.2 Å². The first kappa shape index (κ1) is 23.2. The lowest BCUT2D eigenvalue weighted by atomic mass is 9.83. The summed E-state index contributed by atoms with van der Waals surface area (Å²) < 4.78 is 16.7. The fourth-order valence-electron chi connectivity index (χ4n) is 4.70. The number of furan rings is 1. The van der Waals surface area contributed by atoms with Crippen LogP contribution in [-0.2, 0) is 15.1 Å². The molecule has 0 unspecified atom stereocenters. The molecule has 7 heteroatoms. The highest BCUT2D eigenvalue weighted by Crippen LogP contribution is 2.35. The molecule has 2 aliphatic heterocycles. The van der Waals surface area contributed by atoms with Gasteiger partial charge < -0.3 is 29.2 Å². The van der Waals surface area contributed by atoms with Gasteiger partial charge in [0.25, 0.3) is 5.91 Å². The van der Waals surface area contributed by atoms with Crippen molar-refractivity contribution in [1.29, 1.82) is 0 Å². The topological polar surface area (TPSA) is 84.2 Å². The van der Waals surface area contributed by atoms with Crippen LogP contribution in [0.3, 0.4) is 0 Å². The number of nitrogens with zero attached hydrogens (tertiary/aromatic N) is 1. The molecule has 1 aromatic heterocycles. The minimum atomic E-state index is -0.837. The van der Waals surface area contributed by atoms with Gasteiger partial charge in [0, 0.05) is 31.6 Å². The Balaban J connectivity index is 1.38. The van der Waals surface area contributed by atoms with E-state index < -0.39 is 5.60 Å². The molecule has 176 valence electrons. The fourth-order valence-corrected chi connectivity index (χ4v) is 4.70. The van der Waals surface area contributed by atoms with Crippen molar-refractivity contribution in [2.75, 3.05) is 46.0 Å². The number of aliphatic hydroxyl groups is 1. The van der Waals surface area contributed by atoms with Gasteiger partial charge in [0.15, 0.2) is 5.76 Å². The maximum Gasteiger partial charge on any atom is 0.287 e. The van der Waals surface area contributed by atoms with E-state index in [4.69, 9.17) is 13.9 Å². The van der Waals surface area contributed by atoms with Crippen LogP contribution in [0.15, 0.2) is 28.7 Å². The molecule has 1 aromatic carbocycles. The van der Waals surface area contributed by atoms with E-state index in [0.29, 0.717) is 44.8 Å². The molecule has 2 aliphatic rings. The molecule has 3 heterocycles.